The lowest BCUT2D eigenvalue weighted by Crippen LogP contribution is -2.33. The van der Waals surface area contributed by atoms with Crippen molar-refractivity contribution in [3.05, 3.63) is 23.8 Å². The highest BCUT2D eigenvalue weighted by Crippen LogP contribution is 2.28. The van der Waals surface area contributed by atoms with Gasteiger partial charge in [-0.2, -0.15) is 0 Å². The summed E-state index contributed by atoms with van der Waals surface area (Å²) >= 11 is 0. The highest BCUT2D eigenvalue weighted by Gasteiger charge is 2.31. The maximum Gasteiger partial charge on any atom is 0.251 e. The second-order valence-electron chi connectivity index (χ2n) is 5.02. The Hall–Kier alpha value is -1.76. The van der Waals surface area contributed by atoms with E-state index in [0.29, 0.717) is 23.4 Å². The number of sulfone groups is 1. The maximum absolute atomic E-state index is 11.7. The SMILES string of the molecule is CNC(=O)c1ccc(N)c(N(C)C2CCS(=O)(=O)C2)c1. The number of nitrogen functional groups attached to an aromatic ring is 1. The molecule has 1 atom stereocenters. The summed E-state index contributed by atoms with van der Waals surface area (Å²) < 4.78 is 23.1. The van der Waals surface area contributed by atoms with Crippen LogP contribution < -0.4 is 16.0 Å². The Labute approximate surface area is 118 Å². The van der Waals surface area contributed by atoms with Crippen molar-refractivity contribution < 1.29 is 13.2 Å². The van der Waals surface area contributed by atoms with Gasteiger partial charge in [0, 0.05) is 25.7 Å². The number of rotatable bonds is 3. The Morgan fingerprint density at radius 2 is 2.15 bits per heavy atom. The minimum atomic E-state index is -2.95. The Morgan fingerprint density at radius 3 is 2.70 bits per heavy atom. The van der Waals surface area contributed by atoms with Crippen LogP contribution in [0, 0.1) is 0 Å². The van der Waals surface area contributed by atoms with E-state index >= 15 is 0 Å². The van der Waals surface area contributed by atoms with Crippen molar-refractivity contribution in [1.29, 1.82) is 0 Å². The third-order valence-electron chi connectivity index (χ3n) is 3.66. The predicted octanol–water partition coefficient (Wildman–Crippen LogP) is 0.252. The zero-order valence-corrected chi connectivity index (χ0v) is 12.4. The lowest BCUT2D eigenvalue weighted by molar-refractivity contribution is 0.0963. The first-order valence-electron chi connectivity index (χ1n) is 6.39. The summed E-state index contributed by atoms with van der Waals surface area (Å²) in [4.78, 5) is 13.5. The summed E-state index contributed by atoms with van der Waals surface area (Å²) in [6, 6.07) is 4.91. The Kier molecular flexibility index (Phi) is 3.89. The van der Waals surface area contributed by atoms with Crippen LogP contribution in [0.25, 0.3) is 0 Å². The minimum absolute atomic E-state index is 0.0952. The van der Waals surface area contributed by atoms with E-state index in [9.17, 15) is 13.2 Å². The molecule has 0 saturated carbocycles. The first-order valence-corrected chi connectivity index (χ1v) is 8.21. The summed E-state index contributed by atoms with van der Waals surface area (Å²) in [6.07, 6.45) is 0.586. The van der Waals surface area contributed by atoms with Crippen molar-refractivity contribution in [2.45, 2.75) is 12.5 Å². The van der Waals surface area contributed by atoms with Crippen LogP contribution in [0.4, 0.5) is 11.4 Å². The van der Waals surface area contributed by atoms with Gasteiger partial charge in [-0.05, 0) is 24.6 Å². The molecule has 0 bridgehead atoms. The first kappa shape index (κ1) is 14.6. The van der Waals surface area contributed by atoms with Gasteiger partial charge in [-0.25, -0.2) is 8.42 Å². The van der Waals surface area contributed by atoms with E-state index in [0.717, 1.165) is 0 Å². The predicted molar refractivity (Wildman–Crippen MR) is 79.7 cm³/mol. The highest BCUT2D eigenvalue weighted by atomic mass is 32.2. The number of nitrogens with one attached hydrogen (secondary N) is 1. The van der Waals surface area contributed by atoms with Gasteiger partial charge in [0.15, 0.2) is 9.84 Å². The number of hydrogen-bond donors (Lipinski definition) is 2. The smallest absolute Gasteiger partial charge is 0.251 e. The van der Waals surface area contributed by atoms with Crippen molar-refractivity contribution >= 4 is 27.1 Å². The number of anilines is 2. The zero-order chi connectivity index (χ0) is 14.9. The van der Waals surface area contributed by atoms with Gasteiger partial charge in [0.05, 0.1) is 22.9 Å². The van der Waals surface area contributed by atoms with Gasteiger partial charge in [-0.1, -0.05) is 0 Å². The summed E-state index contributed by atoms with van der Waals surface area (Å²) in [5.41, 5.74) is 7.67. The summed E-state index contributed by atoms with van der Waals surface area (Å²) in [6.45, 7) is 0. The van der Waals surface area contributed by atoms with Crippen LogP contribution in [0.2, 0.25) is 0 Å². The van der Waals surface area contributed by atoms with Crippen LogP contribution in [0.5, 0.6) is 0 Å². The molecule has 1 unspecified atom stereocenters. The molecule has 0 spiro atoms. The average molecular weight is 297 g/mol. The van der Waals surface area contributed by atoms with Crippen LogP contribution in [0.3, 0.4) is 0 Å². The lowest BCUT2D eigenvalue weighted by Gasteiger charge is -2.27. The van der Waals surface area contributed by atoms with Gasteiger partial charge >= 0.3 is 0 Å². The number of amides is 1. The molecular weight excluding hydrogens is 278 g/mol. The molecule has 110 valence electrons. The third-order valence-corrected chi connectivity index (χ3v) is 5.41. The molecule has 1 aliphatic rings. The monoisotopic (exact) mass is 297 g/mol. The summed E-state index contributed by atoms with van der Waals surface area (Å²) in [7, 11) is 0.417. The molecule has 1 heterocycles. The van der Waals surface area contributed by atoms with Crippen LogP contribution in [0.1, 0.15) is 16.8 Å². The van der Waals surface area contributed by atoms with Gasteiger partial charge in [0.25, 0.3) is 5.91 Å². The second kappa shape index (κ2) is 5.32. The number of benzene rings is 1. The van der Waals surface area contributed by atoms with Crippen molar-refractivity contribution in [2.24, 2.45) is 0 Å². The van der Waals surface area contributed by atoms with Gasteiger partial charge in [0.2, 0.25) is 0 Å². The summed E-state index contributed by atoms with van der Waals surface area (Å²) in [5.74, 6) is 0.142. The van der Waals surface area contributed by atoms with E-state index in [1.807, 2.05) is 11.9 Å². The molecule has 7 heteroatoms. The highest BCUT2D eigenvalue weighted by molar-refractivity contribution is 7.91. The van der Waals surface area contributed by atoms with E-state index < -0.39 is 9.84 Å². The van der Waals surface area contributed by atoms with E-state index in [2.05, 4.69) is 5.32 Å². The lowest BCUT2D eigenvalue weighted by atomic mass is 10.1. The van der Waals surface area contributed by atoms with Gasteiger partial charge in [-0.3, -0.25) is 4.79 Å². The average Bonchev–Trinajstić information content (AvgIpc) is 2.78. The molecule has 0 aromatic heterocycles. The Morgan fingerprint density at radius 1 is 1.45 bits per heavy atom. The van der Waals surface area contributed by atoms with E-state index in [-0.39, 0.29) is 23.5 Å². The molecule has 1 amide bonds. The zero-order valence-electron chi connectivity index (χ0n) is 11.6. The van der Waals surface area contributed by atoms with E-state index in [4.69, 9.17) is 5.73 Å². The molecule has 1 aliphatic heterocycles. The fraction of sp³-hybridized carbons (Fsp3) is 0.462. The standard InChI is InChI=1S/C13H19N3O3S/c1-15-13(17)9-3-4-11(14)12(7-9)16(2)10-5-6-20(18,19)8-10/h3-4,7,10H,5-6,8,14H2,1-2H3,(H,15,17). The van der Waals surface area contributed by atoms with Crippen LogP contribution in [0.15, 0.2) is 18.2 Å². The fourth-order valence-corrected chi connectivity index (χ4v) is 4.19. The van der Waals surface area contributed by atoms with Crippen LogP contribution in [-0.4, -0.2) is 46.0 Å². The molecule has 1 aromatic carbocycles. The normalized spacial score (nSPS) is 20.6. The molecular formula is C13H19N3O3S. The maximum atomic E-state index is 11.7. The van der Waals surface area contributed by atoms with Crippen molar-refractivity contribution in [3.63, 3.8) is 0 Å². The van der Waals surface area contributed by atoms with Crippen molar-refractivity contribution in [1.82, 2.24) is 5.32 Å². The third kappa shape index (κ3) is 2.87. The molecule has 3 N–H and O–H groups in total. The Bertz CT molecular complexity index is 628. The van der Waals surface area contributed by atoms with Gasteiger partial charge < -0.3 is 16.0 Å². The Balaban J connectivity index is 2.30. The molecule has 20 heavy (non-hydrogen) atoms. The molecule has 1 aromatic rings. The first-order chi connectivity index (χ1) is 9.34. The molecule has 6 nitrogen and oxygen atoms in total. The number of nitrogens with zero attached hydrogens (tertiary/aromatic N) is 1. The largest absolute Gasteiger partial charge is 0.397 e. The van der Waals surface area contributed by atoms with Crippen molar-refractivity contribution in [2.75, 3.05) is 36.2 Å². The fourth-order valence-electron chi connectivity index (χ4n) is 2.41. The molecule has 0 aliphatic carbocycles. The quantitative estimate of drug-likeness (QED) is 0.780. The molecule has 1 saturated heterocycles. The van der Waals surface area contributed by atoms with E-state index in [1.165, 1.54) is 0 Å². The van der Waals surface area contributed by atoms with Gasteiger partial charge in [-0.15, -0.1) is 0 Å². The summed E-state index contributed by atoms with van der Waals surface area (Å²) in [5, 5.41) is 2.56. The number of carbonyl (C=O) groups excluding carboxylic acids is 1. The molecule has 0 radical (unpaired) electrons. The van der Waals surface area contributed by atoms with Crippen molar-refractivity contribution in [3.8, 4) is 0 Å². The molecule has 2 rings (SSSR count). The van der Waals surface area contributed by atoms with Crippen LogP contribution in [-0.2, 0) is 9.84 Å². The minimum Gasteiger partial charge on any atom is -0.397 e. The van der Waals surface area contributed by atoms with E-state index in [1.54, 1.807) is 25.2 Å². The molecule has 1 fully saturated rings. The topological polar surface area (TPSA) is 92.5 Å². The number of carbonyl (C=O) groups is 1. The number of nitrogens with two attached hydrogens (primary N) is 1. The number of hydrogen-bond acceptors (Lipinski definition) is 5. The van der Waals surface area contributed by atoms with Crippen LogP contribution >= 0.6 is 0 Å². The van der Waals surface area contributed by atoms with Gasteiger partial charge in [0.1, 0.15) is 0 Å². The second-order valence-corrected chi connectivity index (χ2v) is 7.25.